The summed E-state index contributed by atoms with van der Waals surface area (Å²) in [7, 11) is 0. The predicted molar refractivity (Wildman–Crippen MR) is 155 cm³/mol. The van der Waals surface area contributed by atoms with Crippen molar-refractivity contribution in [2.45, 2.75) is 58.8 Å². The van der Waals surface area contributed by atoms with Gasteiger partial charge in [0.05, 0.1) is 10.7 Å². The van der Waals surface area contributed by atoms with Gasteiger partial charge >= 0.3 is 0 Å². The lowest BCUT2D eigenvalue weighted by molar-refractivity contribution is 0.0784. The van der Waals surface area contributed by atoms with E-state index in [1.165, 1.54) is 15.9 Å². The van der Waals surface area contributed by atoms with E-state index < -0.39 is 17.3 Å². The van der Waals surface area contributed by atoms with E-state index >= 15 is 0 Å². The molecule has 1 atom stereocenters. The molecular formula is C31H34N4O3S. The number of carbonyl (C=O) groups is 1. The summed E-state index contributed by atoms with van der Waals surface area (Å²) in [6.07, 6.45) is 2.18. The highest BCUT2D eigenvalue weighted by molar-refractivity contribution is 7.10. The molecule has 1 fully saturated rings. The fourth-order valence-corrected chi connectivity index (χ4v) is 6.15. The SMILES string of the molecule is CCc1cccc(CC)c1-n1c(-c2csc(C(C)C)n2)nc(O)c(C(=O)N2CC[C@@H](c3ccccc3)C2)c1=O. The molecule has 0 saturated carbocycles. The van der Waals surface area contributed by atoms with E-state index in [4.69, 9.17) is 4.98 Å². The van der Waals surface area contributed by atoms with Gasteiger partial charge < -0.3 is 10.0 Å². The first-order valence-electron chi connectivity index (χ1n) is 13.6. The van der Waals surface area contributed by atoms with E-state index in [1.54, 1.807) is 4.90 Å². The molecule has 4 aromatic rings. The summed E-state index contributed by atoms with van der Waals surface area (Å²) in [5.41, 5.74) is 3.46. The van der Waals surface area contributed by atoms with Gasteiger partial charge in [-0.05, 0) is 36.0 Å². The lowest BCUT2D eigenvalue weighted by Crippen LogP contribution is -2.36. The first-order valence-corrected chi connectivity index (χ1v) is 14.5. The van der Waals surface area contributed by atoms with Crippen LogP contribution in [0.4, 0.5) is 0 Å². The highest BCUT2D eigenvalue weighted by atomic mass is 32.1. The van der Waals surface area contributed by atoms with Crippen LogP contribution >= 0.6 is 11.3 Å². The van der Waals surface area contributed by atoms with Gasteiger partial charge in [-0.15, -0.1) is 11.3 Å². The number of thiazole rings is 1. The second-order valence-electron chi connectivity index (χ2n) is 10.3. The Morgan fingerprint density at radius 1 is 1.05 bits per heavy atom. The Morgan fingerprint density at radius 3 is 2.36 bits per heavy atom. The van der Waals surface area contributed by atoms with E-state index in [9.17, 15) is 14.7 Å². The lowest BCUT2D eigenvalue weighted by Gasteiger charge is -2.21. The van der Waals surface area contributed by atoms with Gasteiger partial charge in [0.25, 0.3) is 11.5 Å². The van der Waals surface area contributed by atoms with Gasteiger partial charge in [0.1, 0.15) is 5.69 Å². The fraction of sp³-hybridized carbons (Fsp3) is 0.355. The largest absolute Gasteiger partial charge is 0.493 e. The average Bonchev–Trinajstić information content (AvgIpc) is 3.64. The van der Waals surface area contributed by atoms with Gasteiger partial charge in [0.2, 0.25) is 5.88 Å². The third-order valence-corrected chi connectivity index (χ3v) is 8.60. The number of hydrogen-bond donors (Lipinski definition) is 1. The van der Waals surface area contributed by atoms with Crippen LogP contribution < -0.4 is 5.56 Å². The quantitative estimate of drug-likeness (QED) is 0.312. The van der Waals surface area contributed by atoms with Gasteiger partial charge in [0.15, 0.2) is 11.4 Å². The summed E-state index contributed by atoms with van der Waals surface area (Å²) in [6.45, 7) is 9.19. The van der Waals surface area contributed by atoms with Gasteiger partial charge in [-0.25, -0.2) is 4.98 Å². The molecule has 0 spiro atoms. The molecule has 8 heteroatoms. The van der Waals surface area contributed by atoms with E-state index in [-0.39, 0.29) is 23.2 Å². The molecule has 202 valence electrons. The van der Waals surface area contributed by atoms with Crippen molar-refractivity contribution in [1.29, 1.82) is 0 Å². The van der Waals surface area contributed by atoms with Gasteiger partial charge in [0, 0.05) is 30.3 Å². The number of hydrogen-bond acceptors (Lipinski definition) is 6. The lowest BCUT2D eigenvalue weighted by atomic mass is 9.99. The monoisotopic (exact) mass is 542 g/mol. The standard InChI is InChI=1S/C31H34N4O3S/c1-5-20-13-10-14-21(6-2)26(20)35-27(24-18-39-29(32-24)19(3)4)33-28(36)25(31(35)38)30(37)34-16-15-23(17-34)22-11-8-7-9-12-22/h7-14,18-19,23,36H,5-6,15-17H2,1-4H3/t23-/m1/s1. The number of rotatable bonds is 7. The van der Waals surface area contributed by atoms with Crippen molar-refractivity contribution in [1.82, 2.24) is 19.4 Å². The van der Waals surface area contributed by atoms with Crippen LogP contribution in [-0.2, 0) is 12.8 Å². The van der Waals surface area contributed by atoms with Crippen molar-refractivity contribution in [3.8, 4) is 23.1 Å². The first-order chi connectivity index (χ1) is 18.8. The third-order valence-electron chi connectivity index (χ3n) is 7.46. The van der Waals surface area contributed by atoms with Crippen LogP contribution in [0.5, 0.6) is 5.88 Å². The Morgan fingerprint density at radius 2 is 1.74 bits per heavy atom. The summed E-state index contributed by atoms with van der Waals surface area (Å²) in [4.78, 5) is 39.0. The highest BCUT2D eigenvalue weighted by Gasteiger charge is 2.33. The van der Waals surface area contributed by atoms with Crippen molar-refractivity contribution in [2.24, 2.45) is 0 Å². The Balaban J connectivity index is 1.67. The summed E-state index contributed by atoms with van der Waals surface area (Å²) >= 11 is 1.49. The zero-order valence-electron chi connectivity index (χ0n) is 22.8. The maximum Gasteiger partial charge on any atom is 0.275 e. The second-order valence-corrected chi connectivity index (χ2v) is 11.2. The number of carbonyl (C=O) groups excluding carboxylic acids is 1. The van der Waals surface area contributed by atoms with E-state index in [0.717, 1.165) is 28.1 Å². The van der Waals surface area contributed by atoms with Crippen molar-refractivity contribution < 1.29 is 9.90 Å². The minimum atomic E-state index is -0.569. The number of likely N-dealkylation sites (tertiary alicyclic amines) is 1. The topological polar surface area (TPSA) is 88.3 Å². The maximum absolute atomic E-state index is 14.3. The number of para-hydroxylation sites is 1. The maximum atomic E-state index is 14.3. The normalized spacial score (nSPS) is 15.3. The van der Waals surface area contributed by atoms with Gasteiger partial charge in [-0.2, -0.15) is 4.98 Å². The number of amides is 1. The van der Waals surface area contributed by atoms with Crippen molar-refractivity contribution >= 4 is 17.2 Å². The molecule has 2 aromatic heterocycles. The molecule has 1 saturated heterocycles. The Bertz CT molecular complexity index is 1540. The van der Waals surface area contributed by atoms with E-state index in [2.05, 4.69) is 31.0 Å². The van der Waals surface area contributed by atoms with Crippen LogP contribution in [0.3, 0.4) is 0 Å². The fourth-order valence-electron chi connectivity index (χ4n) is 5.33. The van der Waals surface area contributed by atoms with Crippen molar-refractivity contribution in [3.05, 3.63) is 91.5 Å². The molecule has 1 aliphatic rings. The van der Waals surface area contributed by atoms with Crippen LogP contribution in [0.1, 0.15) is 78.0 Å². The summed E-state index contributed by atoms with van der Waals surface area (Å²) < 4.78 is 1.51. The molecule has 5 rings (SSSR count). The van der Waals surface area contributed by atoms with E-state index in [0.29, 0.717) is 37.3 Å². The molecule has 2 aromatic carbocycles. The predicted octanol–water partition coefficient (Wildman–Crippen LogP) is 5.94. The molecule has 0 radical (unpaired) electrons. The summed E-state index contributed by atoms with van der Waals surface area (Å²) in [5, 5.41) is 13.9. The minimum Gasteiger partial charge on any atom is -0.493 e. The van der Waals surface area contributed by atoms with Crippen LogP contribution in [0, 0.1) is 0 Å². The molecular weight excluding hydrogens is 508 g/mol. The molecule has 1 amide bonds. The Hall–Kier alpha value is -3.78. The molecule has 3 heterocycles. The van der Waals surface area contributed by atoms with E-state index in [1.807, 2.05) is 55.6 Å². The number of aryl methyl sites for hydroxylation is 2. The molecule has 0 aliphatic carbocycles. The minimum absolute atomic E-state index is 0.184. The van der Waals surface area contributed by atoms with Crippen LogP contribution in [0.2, 0.25) is 0 Å². The number of aromatic hydroxyl groups is 1. The van der Waals surface area contributed by atoms with Crippen LogP contribution in [0.15, 0.2) is 58.7 Å². The van der Waals surface area contributed by atoms with Crippen molar-refractivity contribution in [3.63, 3.8) is 0 Å². The number of nitrogens with zero attached hydrogens (tertiary/aromatic N) is 4. The smallest absolute Gasteiger partial charge is 0.275 e. The highest BCUT2D eigenvalue weighted by Crippen LogP contribution is 2.32. The van der Waals surface area contributed by atoms with Crippen LogP contribution in [-0.4, -0.2) is 43.5 Å². The number of benzene rings is 2. The van der Waals surface area contributed by atoms with Gasteiger partial charge in [-0.3, -0.25) is 14.2 Å². The Kier molecular flexibility index (Phi) is 7.66. The van der Waals surface area contributed by atoms with Gasteiger partial charge in [-0.1, -0.05) is 76.2 Å². The zero-order chi connectivity index (χ0) is 27.7. The summed E-state index contributed by atoms with van der Waals surface area (Å²) in [5.74, 6) is -0.400. The third kappa shape index (κ3) is 5.01. The van der Waals surface area contributed by atoms with Crippen LogP contribution in [0.25, 0.3) is 17.2 Å². The van der Waals surface area contributed by atoms with Crippen molar-refractivity contribution in [2.75, 3.05) is 13.1 Å². The summed E-state index contributed by atoms with van der Waals surface area (Å²) in [6, 6.07) is 16.0. The zero-order valence-corrected chi connectivity index (χ0v) is 23.7. The average molecular weight is 543 g/mol. The molecule has 0 unspecified atom stereocenters. The molecule has 39 heavy (non-hydrogen) atoms. The first kappa shape index (κ1) is 26.8. The second kappa shape index (κ2) is 11.1. The number of aromatic nitrogens is 3. The molecule has 0 bridgehead atoms. The molecule has 1 N–H and O–H groups in total. The molecule has 7 nitrogen and oxygen atoms in total. The Labute approximate surface area is 232 Å². The molecule has 1 aliphatic heterocycles.